The maximum atomic E-state index is 10.8. The van der Waals surface area contributed by atoms with Gasteiger partial charge in [0.25, 0.3) is 10.1 Å². The number of benzene rings is 1. The molecule has 1 rings (SSSR count). The maximum Gasteiger partial charge on any atom is 0.264 e. The summed E-state index contributed by atoms with van der Waals surface area (Å²) in [7, 11) is -3.58. The van der Waals surface area contributed by atoms with Crippen LogP contribution in [-0.4, -0.2) is 32.3 Å². The minimum Gasteiger partial charge on any atom is -0.386 e. The van der Waals surface area contributed by atoms with Crippen LogP contribution in [0.3, 0.4) is 0 Å². The minimum atomic E-state index is -3.58. The fraction of sp³-hybridized carbons (Fsp3) is 0.300. The summed E-state index contributed by atoms with van der Waals surface area (Å²) in [5.41, 5.74) is 5.80. The zero-order valence-corrected chi connectivity index (χ0v) is 9.98. The number of hydrogen-bond donors (Lipinski definition) is 2. The standard InChI is InChI=1S/C10H13NO5S/c1-17(14,15)16-6-9(12)7-2-4-8(5-3-7)10(11)13/h2-5,9,12H,6H2,1H3,(H2,11,13)/t9-/m1/s1. The topological polar surface area (TPSA) is 107 Å². The maximum absolute atomic E-state index is 10.8. The SMILES string of the molecule is CS(=O)(=O)OC[C@@H](O)c1ccc(C(N)=O)cc1. The van der Waals surface area contributed by atoms with Gasteiger partial charge in [-0.1, -0.05) is 12.1 Å². The summed E-state index contributed by atoms with van der Waals surface area (Å²) in [4.78, 5) is 10.8. The number of primary amides is 1. The second-order valence-corrected chi connectivity index (χ2v) is 5.13. The second-order valence-electron chi connectivity index (χ2n) is 3.49. The van der Waals surface area contributed by atoms with Crippen molar-refractivity contribution in [2.75, 3.05) is 12.9 Å². The third-order valence-corrected chi connectivity index (χ3v) is 2.58. The van der Waals surface area contributed by atoms with E-state index in [-0.39, 0.29) is 6.61 Å². The molecule has 0 heterocycles. The average Bonchev–Trinajstić information content (AvgIpc) is 2.25. The molecule has 1 atom stereocenters. The van der Waals surface area contributed by atoms with Gasteiger partial charge in [-0.15, -0.1) is 0 Å². The van der Waals surface area contributed by atoms with E-state index in [0.717, 1.165) is 6.26 Å². The lowest BCUT2D eigenvalue weighted by Gasteiger charge is -2.10. The number of rotatable bonds is 5. The van der Waals surface area contributed by atoms with Crippen LogP contribution >= 0.6 is 0 Å². The lowest BCUT2D eigenvalue weighted by Crippen LogP contribution is -2.13. The molecule has 3 N–H and O–H groups in total. The van der Waals surface area contributed by atoms with Crippen LogP contribution in [0.15, 0.2) is 24.3 Å². The largest absolute Gasteiger partial charge is 0.386 e. The van der Waals surface area contributed by atoms with E-state index in [1.807, 2.05) is 0 Å². The van der Waals surface area contributed by atoms with Gasteiger partial charge in [-0.3, -0.25) is 8.98 Å². The zero-order valence-electron chi connectivity index (χ0n) is 9.16. The van der Waals surface area contributed by atoms with Gasteiger partial charge in [0.2, 0.25) is 5.91 Å². The molecule has 0 aliphatic rings. The summed E-state index contributed by atoms with van der Waals surface area (Å²) in [6, 6.07) is 5.86. The quantitative estimate of drug-likeness (QED) is 0.712. The Bertz CT molecular complexity index is 494. The van der Waals surface area contributed by atoms with Crippen LogP contribution < -0.4 is 5.73 Å². The van der Waals surface area contributed by atoms with Crippen molar-refractivity contribution in [2.45, 2.75) is 6.10 Å². The van der Waals surface area contributed by atoms with Crippen molar-refractivity contribution in [3.8, 4) is 0 Å². The third-order valence-electron chi connectivity index (χ3n) is 2.02. The molecule has 0 unspecified atom stereocenters. The summed E-state index contributed by atoms with van der Waals surface area (Å²) >= 11 is 0. The van der Waals surface area contributed by atoms with Crippen molar-refractivity contribution >= 4 is 16.0 Å². The van der Waals surface area contributed by atoms with Gasteiger partial charge in [-0.25, -0.2) is 0 Å². The van der Waals surface area contributed by atoms with Gasteiger partial charge in [0.15, 0.2) is 0 Å². The first kappa shape index (κ1) is 13.6. The summed E-state index contributed by atoms with van der Waals surface area (Å²) in [6.45, 7) is -0.366. The van der Waals surface area contributed by atoms with Gasteiger partial charge in [-0.2, -0.15) is 8.42 Å². The second kappa shape index (κ2) is 5.26. The molecule has 0 aliphatic heterocycles. The predicted octanol–water partition coefficient (Wildman–Crippen LogP) is -0.205. The molecule has 7 heteroatoms. The van der Waals surface area contributed by atoms with Crippen LogP contribution in [0.1, 0.15) is 22.0 Å². The van der Waals surface area contributed by atoms with E-state index < -0.39 is 22.1 Å². The van der Waals surface area contributed by atoms with E-state index in [1.54, 1.807) is 0 Å². The first-order valence-electron chi connectivity index (χ1n) is 4.72. The van der Waals surface area contributed by atoms with Crippen molar-refractivity contribution in [2.24, 2.45) is 5.73 Å². The highest BCUT2D eigenvalue weighted by atomic mass is 32.2. The van der Waals surface area contributed by atoms with Gasteiger partial charge in [0.1, 0.15) is 6.10 Å². The van der Waals surface area contributed by atoms with Crippen molar-refractivity contribution in [3.05, 3.63) is 35.4 Å². The molecule has 94 valence electrons. The molecule has 0 fully saturated rings. The van der Waals surface area contributed by atoms with Gasteiger partial charge in [0.05, 0.1) is 12.9 Å². The van der Waals surface area contributed by atoms with Gasteiger partial charge in [-0.05, 0) is 17.7 Å². The van der Waals surface area contributed by atoms with Crippen LogP contribution in [0.4, 0.5) is 0 Å². The lowest BCUT2D eigenvalue weighted by molar-refractivity contribution is 0.0999. The molecule has 17 heavy (non-hydrogen) atoms. The van der Waals surface area contributed by atoms with Crippen LogP contribution in [0.5, 0.6) is 0 Å². The normalized spacial score (nSPS) is 13.3. The highest BCUT2D eigenvalue weighted by Gasteiger charge is 2.12. The van der Waals surface area contributed by atoms with Crippen molar-refractivity contribution in [3.63, 3.8) is 0 Å². The lowest BCUT2D eigenvalue weighted by atomic mass is 10.1. The Morgan fingerprint density at radius 3 is 2.35 bits per heavy atom. The molecule has 0 radical (unpaired) electrons. The van der Waals surface area contributed by atoms with Gasteiger partial charge in [0, 0.05) is 5.56 Å². The third kappa shape index (κ3) is 4.51. The van der Waals surface area contributed by atoms with Crippen LogP contribution in [0, 0.1) is 0 Å². The summed E-state index contributed by atoms with van der Waals surface area (Å²) < 4.78 is 25.9. The van der Waals surface area contributed by atoms with Crippen molar-refractivity contribution in [1.82, 2.24) is 0 Å². The first-order valence-corrected chi connectivity index (χ1v) is 6.53. The van der Waals surface area contributed by atoms with E-state index in [4.69, 9.17) is 5.73 Å². The molecule has 1 amide bonds. The Kier molecular flexibility index (Phi) is 4.22. The molecule has 0 bridgehead atoms. The fourth-order valence-electron chi connectivity index (χ4n) is 1.15. The van der Waals surface area contributed by atoms with Crippen LogP contribution in [-0.2, 0) is 14.3 Å². The van der Waals surface area contributed by atoms with Crippen molar-refractivity contribution < 1.29 is 22.5 Å². The Labute approximate surface area is 99.1 Å². The number of hydrogen-bond acceptors (Lipinski definition) is 5. The molecule has 0 spiro atoms. The Morgan fingerprint density at radius 2 is 1.94 bits per heavy atom. The number of aliphatic hydroxyl groups excluding tert-OH is 1. The first-order chi connectivity index (χ1) is 7.79. The summed E-state index contributed by atoms with van der Waals surface area (Å²) in [6.07, 6.45) is -0.178. The molecule has 0 aromatic heterocycles. The highest BCUT2D eigenvalue weighted by molar-refractivity contribution is 7.85. The fourth-order valence-corrected chi connectivity index (χ4v) is 1.53. The van der Waals surface area contributed by atoms with Gasteiger partial charge < -0.3 is 10.8 Å². The van der Waals surface area contributed by atoms with E-state index in [9.17, 15) is 18.3 Å². The number of aliphatic hydroxyl groups is 1. The Morgan fingerprint density at radius 1 is 1.41 bits per heavy atom. The molecule has 0 aliphatic carbocycles. The monoisotopic (exact) mass is 259 g/mol. The van der Waals surface area contributed by atoms with Crippen LogP contribution in [0.2, 0.25) is 0 Å². The summed E-state index contributed by atoms with van der Waals surface area (Å²) in [5.74, 6) is -0.571. The molecule has 0 saturated carbocycles. The predicted molar refractivity (Wildman–Crippen MR) is 60.7 cm³/mol. The van der Waals surface area contributed by atoms with E-state index in [2.05, 4.69) is 4.18 Å². The smallest absolute Gasteiger partial charge is 0.264 e. The summed E-state index contributed by atoms with van der Waals surface area (Å²) in [5, 5.41) is 9.61. The average molecular weight is 259 g/mol. The van der Waals surface area contributed by atoms with E-state index >= 15 is 0 Å². The molecule has 0 saturated heterocycles. The molecule has 1 aromatic rings. The zero-order chi connectivity index (χ0) is 13.1. The minimum absolute atomic E-state index is 0.310. The Balaban J connectivity index is 2.70. The molecule has 1 aromatic carbocycles. The highest BCUT2D eigenvalue weighted by Crippen LogP contribution is 2.14. The number of carbonyl (C=O) groups is 1. The molecular weight excluding hydrogens is 246 g/mol. The molecular formula is C10H13NO5S. The van der Waals surface area contributed by atoms with E-state index in [1.165, 1.54) is 24.3 Å². The van der Waals surface area contributed by atoms with E-state index in [0.29, 0.717) is 11.1 Å². The van der Waals surface area contributed by atoms with Crippen LogP contribution in [0.25, 0.3) is 0 Å². The number of amides is 1. The Hall–Kier alpha value is -1.44. The van der Waals surface area contributed by atoms with Crippen molar-refractivity contribution in [1.29, 1.82) is 0 Å². The van der Waals surface area contributed by atoms with Gasteiger partial charge >= 0.3 is 0 Å². The number of carbonyl (C=O) groups excluding carboxylic acids is 1. The number of nitrogens with two attached hydrogens (primary N) is 1. The molecule has 6 nitrogen and oxygen atoms in total.